The van der Waals surface area contributed by atoms with Gasteiger partial charge >= 0.3 is 95.6 Å². The van der Waals surface area contributed by atoms with Crippen LogP contribution in [0.15, 0.2) is 78.9 Å². The van der Waals surface area contributed by atoms with Crippen LogP contribution in [0.5, 0.6) is 0 Å². The fourth-order valence-electron chi connectivity index (χ4n) is 1.72. The molecule has 2 aromatic carbocycles. The Balaban J connectivity index is 0. The summed E-state index contributed by atoms with van der Waals surface area (Å²) in [7, 11) is 2.72. The van der Waals surface area contributed by atoms with Crippen molar-refractivity contribution in [3.05, 3.63) is 96.1 Å². The average molecular weight is 440 g/mol. The standard InChI is InChI=1S/C13H10.C5H5.C4H11P.2ClH.Ti/c1-3-7-12(8-4-1)11-13-9-5-2-6-10-13;1-2-4-5-3-1;1-4(2,3)5;;;/h1-10H;1-3H,4H2;5H2,1-3H3;2*1H;/q;-1;;;;+2/p-2. The van der Waals surface area contributed by atoms with Crippen molar-refractivity contribution in [1.29, 1.82) is 0 Å². The first-order valence-electron chi connectivity index (χ1n) is 8.08. The number of rotatable bonds is 2. The third-order valence-electron chi connectivity index (χ3n) is 2.71. The van der Waals surface area contributed by atoms with Crippen LogP contribution in [0, 0.1) is 6.08 Å². The van der Waals surface area contributed by atoms with Gasteiger partial charge in [-0.15, -0.1) is 15.7 Å². The molecule has 3 rings (SSSR count). The molecule has 1 atom stereocenters. The van der Waals surface area contributed by atoms with Crippen molar-refractivity contribution in [1.82, 2.24) is 0 Å². The van der Waals surface area contributed by atoms with Gasteiger partial charge in [-0.2, -0.15) is 6.08 Å². The van der Waals surface area contributed by atoms with E-state index in [9.17, 15) is 0 Å². The second-order valence-electron chi connectivity index (χ2n) is 6.48. The Labute approximate surface area is 185 Å². The van der Waals surface area contributed by atoms with Crippen molar-refractivity contribution < 1.29 is 44.8 Å². The maximum absolute atomic E-state index is 2.99. The zero-order chi connectivity index (χ0) is 17.8. The van der Waals surface area contributed by atoms with Gasteiger partial charge in [0.25, 0.3) is 0 Å². The van der Waals surface area contributed by atoms with Gasteiger partial charge in [-0.3, -0.25) is 6.08 Å². The van der Waals surface area contributed by atoms with Gasteiger partial charge in [0.15, 0.2) is 0 Å². The number of benzene rings is 2. The molecule has 0 aliphatic heterocycles. The fourth-order valence-corrected chi connectivity index (χ4v) is 2.24. The predicted molar refractivity (Wildman–Crippen MR) is 107 cm³/mol. The van der Waals surface area contributed by atoms with Gasteiger partial charge in [-0.25, -0.2) is 12.2 Å². The van der Waals surface area contributed by atoms with E-state index >= 15 is 0 Å². The summed E-state index contributed by atoms with van der Waals surface area (Å²) >= 11 is 2.16. The molecule has 0 amide bonds. The van der Waals surface area contributed by atoms with E-state index in [2.05, 4.69) is 111 Å². The molecule has 0 saturated carbocycles. The van der Waals surface area contributed by atoms with Crippen LogP contribution in [-0.2, 0) is 20.0 Å². The molecular formula is C22H26Cl2PTi-. The van der Waals surface area contributed by atoms with Crippen LogP contribution in [0.3, 0.4) is 0 Å². The topological polar surface area (TPSA) is 0 Å². The van der Waals surface area contributed by atoms with Crippen LogP contribution < -0.4 is 24.8 Å². The Hall–Kier alpha value is -0.486. The number of hydrogen-bond donors (Lipinski definition) is 0. The van der Waals surface area contributed by atoms with E-state index in [4.69, 9.17) is 0 Å². The van der Waals surface area contributed by atoms with Gasteiger partial charge < -0.3 is 24.8 Å². The van der Waals surface area contributed by atoms with Gasteiger partial charge in [-0.1, -0.05) is 20.8 Å². The molecule has 0 N–H and O–H groups in total. The molecule has 4 heteroatoms. The number of allylic oxidation sites excluding steroid dienone is 4. The first-order valence-corrected chi connectivity index (χ1v) is 9.44. The zero-order valence-electron chi connectivity index (χ0n) is 15.5. The molecule has 138 valence electrons. The molecule has 2 aromatic rings. The minimum atomic E-state index is 0. The van der Waals surface area contributed by atoms with Crippen LogP contribution in [0.2, 0.25) is 0 Å². The SMILES string of the molecule is CC(C)(C)P.[C-]1=CC=CC1.[Cl-].[Cl-].[Ti+2]=[C](c1ccccc1)c1ccccc1. The van der Waals surface area contributed by atoms with Crippen LogP contribution in [0.25, 0.3) is 0 Å². The molecule has 0 nitrogen and oxygen atoms in total. The molecule has 26 heavy (non-hydrogen) atoms. The Morgan fingerprint density at radius 1 is 0.885 bits per heavy atom. The molecule has 1 unspecified atom stereocenters. The Morgan fingerprint density at radius 2 is 1.27 bits per heavy atom. The first-order chi connectivity index (χ1) is 11.4. The van der Waals surface area contributed by atoms with Crippen LogP contribution in [-0.4, -0.2) is 8.97 Å². The van der Waals surface area contributed by atoms with Gasteiger partial charge in [-0.05, 0) is 5.16 Å². The molecule has 0 saturated heterocycles. The van der Waals surface area contributed by atoms with E-state index in [0.717, 1.165) is 6.42 Å². The second-order valence-corrected chi connectivity index (χ2v) is 8.99. The molecule has 1 aliphatic carbocycles. The van der Waals surface area contributed by atoms with E-state index < -0.39 is 0 Å². The quantitative estimate of drug-likeness (QED) is 0.344. The fraction of sp³-hybridized carbons (Fsp3) is 0.227. The van der Waals surface area contributed by atoms with Crippen LogP contribution in [0.4, 0.5) is 0 Å². The number of halogens is 2. The Kier molecular flexibility index (Phi) is 16.6. The van der Waals surface area contributed by atoms with Crippen molar-refractivity contribution in [3.8, 4) is 0 Å². The van der Waals surface area contributed by atoms with Gasteiger partial charge in [0, 0.05) is 0 Å². The number of hydrogen-bond acceptors (Lipinski definition) is 0. The molecule has 0 radical (unpaired) electrons. The monoisotopic (exact) mass is 439 g/mol. The molecule has 0 heterocycles. The molecule has 0 spiro atoms. The van der Waals surface area contributed by atoms with E-state index in [1.165, 1.54) is 14.9 Å². The Bertz CT molecular complexity index is 602. The van der Waals surface area contributed by atoms with E-state index in [1.54, 1.807) is 0 Å². The molecule has 0 aromatic heterocycles. The second kappa shape index (κ2) is 15.6. The normalized spacial score (nSPS) is 11.0. The summed E-state index contributed by atoms with van der Waals surface area (Å²) in [6.45, 7) is 6.45. The third kappa shape index (κ3) is 14.7. The summed E-state index contributed by atoms with van der Waals surface area (Å²) < 4.78 is 1.33. The predicted octanol–water partition coefficient (Wildman–Crippen LogP) is -0.224. The van der Waals surface area contributed by atoms with Crippen molar-refractivity contribution in [3.63, 3.8) is 0 Å². The van der Waals surface area contributed by atoms with Crippen molar-refractivity contribution in [2.45, 2.75) is 32.3 Å². The molecule has 0 bridgehead atoms. The zero-order valence-corrected chi connectivity index (χ0v) is 19.8. The van der Waals surface area contributed by atoms with Crippen molar-refractivity contribution in [2.75, 3.05) is 0 Å². The molecular weight excluding hydrogens is 414 g/mol. The first kappa shape index (κ1) is 27.7. The Morgan fingerprint density at radius 3 is 1.50 bits per heavy atom. The van der Waals surface area contributed by atoms with Crippen LogP contribution in [0.1, 0.15) is 38.3 Å². The van der Waals surface area contributed by atoms with E-state index in [-0.39, 0.29) is 24.8 Å². The third-order valence-corrected chi connectivity index (χ3v) is 3.61. The summed E-state index contributed by atoms with van der Waals surface area (Å²) in [5.74, 6) is 0. The minimum absolute atomic E-state index is 0. The summed E-state index contributed by atoms with van der Waals surface area (Å²) in [4.78, 5) is 0. The molecule has 0 fully saturated rings. The van der Waals surface area contributed by atoms with Crippen LogP contribution >= 0.6 is 9.24 Å². The summed E-state index contributed by atoms with van der Waals surface area (Å²) in [6.07, 6.45) is 10.0. The van der Waals surface area contributed by atoms with Gasteiger partial charge in [0.2, 0.25) is 0 Å². The van der Waals surface area contributed by atoms with E-state index in [1.807, 2.05) is 24.3 Å². The summed E-state index contributed by atoms with van der Waals surface area (Å²) in [5.41, 5.74) is 2.58. The maximum atomic E-state index is 2.99. The summed E-state index contributed by atoms with van der Waals surface area (Å²) in [5, 5.41) is 0.417. The van der Waals surface area contributed by atoms with Crippen molar-refractivity contribution in [2.24, 2.45) is 0 Å². The average Bonchev–Trinajstić information content (AvgIpc) is 3.14. The molecule has 1 aliphatic rings. The van der Waals surface area contributed by atoms with Crippen molar-refractivity contribution >= 4 is 13.1 Å². The van der Waals surface area contributed by atoms with E-state index in [0.29, 0.717) is 5.16 Å². The summed E-state index contributed by atoms with van der Waals surface area (Å²) in [6, 6.07) is 20.9. The van der Waals surface area contributed by atoms with Gasteiger partial charge in [0.05, 0.1) is 0 Å². The van der Waals surface area contributed by atoms with Gasteiger partial charge in [0.1, 0.15) is 0 Å².